The van der Waals surface area contributed by atoms with Gasteiger partial charge in [0, 0.05) is 5.56 Å². The van der Waals surface area contributed by atoms with Crippen molar-refractivity contribution in [3.05, 3.63) is 58.0 Å². The fourth-order valence-electron chi connectivity index (χ4n) is 2.91. The number of hydrogen-bond donors (Lipinski definition) is 3. The van der Waals surface area contributed by atoms with Crippen LogP contribution in [0.3, 0.4) is 0 Å². The van der Waals surface area contributed by atoms with Crippen LogP contribution in [0.5, 0.6) is 5.75 Å². The molecule has 3 rings (SSSR count). The number of carbonyl (C=O) groups is 1. The molecule has 1 aromatic carbocycles. The van der Waals surface area contributed by atoms with Gasteiger partial charge in [-0.1, -0.05) is 11.6 Å². The Morgan fingerprint density at radius 2 is 1.88 bits per heavy atom. The first kappa shape index (κ1) is 25.4. The molecule has 34 heavy (non-hydrogen) atoms. The monoisotopic (exact) mass is 504 g/mol. The molecule has 2 atom stereocenters. The lowest BCUT2D eigenvalue weighted by Crippen LogP contribution is -2.32. The van der Waals surface area contributed by atoms with E-state index in [0.29, 0.717) is 13.0 Å². The summed E-state index contributed by atoms with van der Waals surface area (Å²) in [4.78, 5) is 16.7. The smallest absolute Gasteiger partial charge is 0.425 e. The molecular formula is C21H18ClF5N4O3. The summed E-state index contributed by atoms with van der Waals surface area (Å²) in [5, 5.41) is 18.2. The number of benzene rings is 1. The molecular weight excluding hydrogens is 487 g/mol. The van der Waals surface area contributed by atoms with E-state index in [0.717, 1.165) is 18.2 Å². The molecule has 7 nitrogen and oxygen atoms in total. The van der Waals surface area contributed by atoms with E-state index >= 15 is 4.39 Å². The number of halogens is 6. The second kappa shape index (κ2) is 9.55. The predicted octanol–water partition coefficient (Wildman–Crippen LogP) is 5.35. The number of aliphatic hydroxyl groups excluding tert-OH is 1. The minimum atomic E-state index is -4.79. The highest BCUT2D eigenvalue weighted by molar-refractivity contribution is 6.33. The lowest BCUT2D eigenvalue weighted by Gasteiger charge is -2.20. The molecule has 1 unspecified atom stereocenters. The Kier molecular flexibility index (Phi) is 7.13. The number of alkyl halides is 3. The highest BCUT2D eigenvalue weighted by Gasteiger charge is 2.39. The van der Waals surface area contributed by atoms with Gasteiger partial charge in [0.2, 0.25) is 0 Å². The van der Waals surface area contributed by atoms with Gasteiger partial charge < -0.3 is 15.2 Å². The number of aliphatic hydroxyl groups is 1. The molecule has 0 fully saturated rings. The quantitative estimate of drug-likeness (QED) is 0.393. The fourth-order valence-corrected chi connectivity index (χ4v) is 3.14. The van der Waals surface area contributed by atoms with Gasteiger partial charge in [-0.3, -0.25) is 9.89 Å². The molecule has 0 spiro atoms. The summed E-state index contributed by atoms with van der Waals surface area (Å²) in [6.07, 6.45) is -8.48. The van der Waals surface area contributed by atoms with E-state index in [4.69, 9.17) is 16.3 Å². The number of carbonyl (C=O) groups excluding carboxylic acids is 1. The number of anilines is 1. The van der Waals surface area contributed by atoms with Crippen LogP contribution in [0.15, 0.2) is 24.3 Å². The number of rotatable bonds is 6. The van der Waals surface area contributed by atoms with Crippen LogP contribution in [-0.2, 0) is 0 Å². The third kappa shape index (κ3) is 5.28. The minimum absolute atomic E-state index is 0.0461. The minimum Gasteiger partial charge on any atom is -0.480 e. The van der Waals surface area contributed by atoms with Gasteiger partial charge in [-0.05, 0) is 45.0 Å². The average Bonchev–Trinajstić information content (AvgIpc) is 3.06. The highest BCUT2D eigenvalue weighted by atomic mass is 35.5. The first-order valence-corrected chi connectivity index (χ1v) is 10.1. The second-order valence-corrected chi connectivity index (χ2v) is 7.70. The molecule has 1 amide bonds. The number of H-pyrrole nitrogens is 1. The summed E-state index contributed by atoms with van der Waals surface area (Å²) >= 11 is 5.90. The van der Waals surface area contributed by atoms with Crippen LogP contribution < -0.4 is 10.1 Å². The Hall–Kier alpha value is -3.25. The topological polar surface area (TPSA) is 100 Å². The number of amides is 1. The van der Waals surface area contributed by atoms with Crippen LogP contribution >= 0.6 is 11.6 Å². The van der Waals surface area contributed by atoms with E-state index < -0.39 is 52.9 Å². The molecule has 2 heterocycles. The first-order valence-electron chi connectivity index (χ1n) is 9.73. The lowest BCUT2D eigenvalue weighted by atomic mass is 10.0. The van der Waals surface area contributed by atoms with Crippen LogP contribution in [0.2, 0.25) is 5.15 Å². The van der Waals surface area contributed by atoms with Crippen molar-refractivity contribution in [2.45, 2.75) is 39.2 Å². The first-order chi connectivity index (χ1) is 15.8. The van der Waals surface area contributed by atoms with Crippen molar-refractivity contribution < 1.29 is 36.6 Å². The zero-order chi connectivity index (χ0) is 25.4. The molecule has 0 radical (unpaired) electrons. The van der Waals surface area contributed by atoms with Crippen LogP contribution in [0.1, 0.15) is 41.7 Å². The number of pyridine rings is 1. The average molecular weight is 505 g/mol. The van der Waals surface area contributed by atoms with Gasteiger partial charge in [-0.2, -0.15) is 18.3 Å². The molecule has 0 saturated carbocycles. The lowest BCUT2D eigenvalue weighted by molar-refractivity contribution is -0.189. The van der Waals surface area contributed by atoms with Gasteiger partial charge in [0.15, 0.2) is 6.10 Å². The molecule has 0 aliphatic rings. The number of ether oxygens (including phenoxy) is 1. The van der Waals surface area contributed by atoms with E-state index in [-0.39, 0.29) is 27.8 Å². The fraction of sp³-hybridized carbons (Fsp3) is 0.286. The van der Waals surface area contributed by atoms with Crippen LogP contribution in [-0.4, -0.2) is 38.5 Å². The Morgan fingerprint density at radius 3 is 2.44 bits per heavy atom. The largest absolute Gasteiger partial charge is 0.480 e. The number of aromatic nitrogens is 3. The molecule has 0 aliphatic heterocycles. The second-order valence-electron chi connectivity index (χ2n) is 7.32. The SMILES string of the molecule is Cc1n[nH]c(Cl)c1NC(=O)c1cc(F)c(-c2ccc(F)c(C(C)O)n2)cc1O[C@@H](C)C(F)(F)F. The molecule has 3 N–H and O–H groups in total. The van der Waals surface area contributed by atoms with E-state index in [1.54, 1.807) is 0 Å². The molecule has 0 saturated heterocycles. The summed E-state index contributed by atoms with van der Waals surface area (Å²) < 4.78 is 73.4. The van der Waals surface area contributed by atoms with Gasteiger partial charge in [0.05, 0.1) is 23.1 Å². The summed E-state index contributed by atoms with van der Waals surface area (Å²) in [6, 6.07) is 3.51. The van der Waals surface area contributed by atoms with Gasteiger partial charge >= 0.3 is 6.18 Å². The highest BCUT2D eigenvalue weighted by Crippen LogP contribution is 2.34. The maximum Gasteiger partial charge on any atom is 0.425 e. The maximum atomic E-state index is 15.0. The van der Waals surface area contributed by atoms with Crippen LogP contribution in [0.25, 0.3) is 11.3 Å². The van der Waals surface area contributed by atoms with E-state index in [2.05, 4.69) is 20.5 Å². The van der Waals surface area contributed by atoms with Crippen molar-refractivity contribution in [1.29, 1.82) is 0 Å². The van der Waals surface area contributed by atoms with E-state index in [1.807, 2.05) is 0 Å². The molecule has 0 bridgehead atoms. The molecule has 0 aliphatic carbocycles. The van der Waals surface area contributed by atoms with Gasteiger partial charge in [0.25, 0.3) is 5.91 Å². The third-order valence-corrected chi connectivity index (χ3v) is 5.04. The number of hydrogen-bond acceptors (Lipinski definition) is 5. The molecule has 182 valence electrons. The zero-order valence-electron chi connectivity index (χ0n) is 17.9. The van der Waals surface area contributed by atoms with Crippen molar-refractivity contribution in [2.24, 2.45) is 0 Å². The van der Waals surface area contributed by atoms with Crippen molar-refractivity contribution >= 4 is 23.2 Å². The van der Waals surface area contributed by atoms with Gasteiger partial charge in [-0.25, -0.2) is 13.8 Å². The summed E-state index contributed by atoms with van der Waals surface area (Å²) in [5.74, 6) is -3.54. The van der Waals surface area contributed by atoms with Gasteiger partial charge in [0.1, 0.15) is 33.9 Å². The van der Waals surface area contributed by atoms with E-state index in [9.17, 15) is 27.5 Å². The van der Waals surface area contributed by atoms with Crippen LogP contribution in [0.4, 0.5) is 27.6 Å². The molecule has 13 heteroatoms. The summed E-state index contributed by atoms with van der Waals surface area (Å²) in [6.45, 7) is 3.45. The summed E-state index contributed by atoms with van der Waals surface area (Å²) in [7, 11) is 0. The van der Waals surface area contributed by atoms with E-state index in [1.165, 1.54) is 13.8 Å². The number of nitrogens with one attached hydrogen (secondary N) is 2. The normalized spacial score (nSPS) is 13.5. The van der Waals surface area contributed by atoms with Crippen molar-refractivity contribution in [1.82, 2.24) is 15.2 Å². The third-order valence-electron chi connectivity index (χ3n) is 4.76. The zero-order valence-corrected chi connectivity index (χ0v) is 18.6. The Morgan fingerprint density at radius 1 is 1.21 bits per heavy atom. The Balaban J connectivity index is 2.12. The van der Waals surface area contributed by atoms with Crippen LogP contribution in [0, 0.1) is 18.6 Å². The van der Waals surface area contributed by atoms with Crippen molar-refractivity contribution in [3.63, 3.8) is 0 Å². The number of aryl methyl sites for hydroxylation is 1. The Bertz CT molecular complexity index is 1210. The summed E-state index contributed by atoms with van der Waals surface area (Å²) in [5.41, 5.74) is -1.20. The number of nitrogens with zero attached hydrogens (tertiary/aromatic N) is 2. The molecule has 2 aromatic heterocycles. The maximum absolute atomic E-state index is 15.0. The van der Waals surface area contributed by atoms with Crippen molar-refractivity contribution in [2.75, 3.05) is 5.32 Å². The van der Waals surface area contributed by atoms with Crippen molar-refractivity contribution in [3.8, 4) is 17.0 Å². The molecule has 3 aromatic rings. The predicted molar refractivity (Wildman–Crippen MR) is 113 cm³/mol. The Labute approximate surface area is 194 Å². The standard InChI is InChI=1S/C21H18ClF5N4O3/c1-8-17(19(22)31-30-8)29-20(33)12-6-14(24)11(7-16(12)34-10(3)21(25,26)27)15-5-4-13(23)18(28-15)9(2)32/h4-7,9-10,32H,1-3H3,(H,29,33)(H,30,31)/t9?,10-/m0/s1. The number of aromatic amines is 1. The van der Waals surface area contributed by atoms with Gasteiger partial charge in [-0.15, -0.1) is 0 Å².